The molecular weight excluding hydrogens is 915 g/mol. The first-order chi connectivity index (χ1) is 28.8. The fourth-order valence-corrected chi connectivity index (χ4v) is 15.0. The number of hydrogen-bond donors (Lipinski definition) is 10. The van der Waals surface area contributed by atoms with Crippen LogP contribution in [0.2, 0.25) is 0 Å². The number of fused-ring (bicyclic) bond motifs is 10. The van der Waals surface area contributed by atoms with Gasteiger partial charge in [0.25, 0.3) is 0 Å². The minimum absolute atomic E-state index is 0. The standard InChI is InChI=1S/C22H29FO5.C21H31O8P.2Na.H3O4P.2H/c1-12-8-16-15-5-4-13-9-14(25)6-7-19(13,2)21(15,23)17(26)10-20(16,3)22(12,28)18(27)11-24;1-19-7-5-13(22)9-12(19)3-4-14-15-6-8-21(25,17(24)11-29-30(26,27)28)20(15,2)10-16(23)18(14)19;;;1-5(2,3)4;;/h6-7,9,12,15-17,24,26,28H,4-5,8,10-11H2,1-3H3;9,14-16,18,23,25H,3-8,10-11H2,1-2H3,(H2,26,27,28);;;(H3,1,2,3,4);;/q;;2*+1;;2*-1/t12-,15+,16+,17+,19+,20+,21+,22+;14-,15-,16-,18+,19-,20-,21-;;;;;/m10...../s1. The second kappa shape index (κ2) is 19.5. The third kappa shape index (κ3) is 9.44. The molecule has 0 aromatic rings. The van der Waals surface area contributed by atoms with Gasteiger partial charge in [-0.1, -0.05) is 44.9 Å². The van der Waals surface area contributed by atoms with E-state index in [0.29, 0.717) is 44.1 Å². The van der Waals surface area contributed by atoms with Gasteiger partial charge in [-0.3, -0.25) is 23.7 Å². The van der Waals surface area contributed by atoms with Gasteiger partial charge >= 0.3 is 74.8 Å². The van der Waals surface area contributed by atoms with Gasteiger partial charge in [-0.15, -0.1) is 0 Å². The van der Waals surface area contributed by atoms with E-state index in [1.807, 2.05) is 6.92 Å². The average Bonchev–Trinajstić information content (AvgIpc) is 3.56. The van der Waals surface area contributed by atoms with Crippen molar-refractivity contribution in [3.8, 4) is 0 Å². The quantitative estimate of drug-likeness (QED) is 0.0943. The fraction of sp³-hybridized carbons (Fsp3) is 0.767. The molecule has 0 aliphatic heterocycles. The van der Waals surface area contributed by atoms with Crippen LogP contribution in [0.1, 0.15) is 108 Å². The molecule has 0 unspecified atom stereocenters. The van der Waals surface area contributed by atoms with Crippen molar-refractivity contribution in [3.05, 3.63) is 35.5 Å². The zero-order valence-electron chi connectivity index (χ0n) is 40.2. The summed E-state index contributed by atoms with van der Waals surface area (Å²) >= 11 is 0. The molecule has 8 aliphatic rings. The molecule has 6 fully saturated rings. The van der Waals surface area contributed by atoms with Crippen LogP contribution in [-0.2, 0) is 32.8 Å². The second-order valence-corrected chi connectivity index (χ2v) is 22.7. The Balaban J connectivity index is 0.000000397. The molecule has 358 valence electrons. The Hall–Kier alpha value is -0.150. The van der Waals surface area contributed by atoms with Crippen molar-refractivity contribution in [2.24, 2.45) is 57.2 Å². The molecule has 22 heteroatoms. The molecule has 0 aromatic heterocycles. The first kappa shape index (κ1) is 57.4. The summed E-state index contributed by atoms with van der Waals surface area (Å²) in [6.07, 6.45) is 9.23. The van der Waals surface area contributed by atoms with Crippen molar-refractivity contribution in [3.63, 3.8) is 0 Å². The number of ketones is 4. The van der Waals surface area contributed by atoms with Crippen LogP contribution in [0.3, 0.4) is 0 Å². The number of carbonyl (C=O) groups excluding carboxylic acids is 4. The van der Waals surface area contributed by atoms with Crippen molar-refractivity contribution in [2.45, 2.75) is 134 Å². The Kier molecular flexibility index (Phi) is 17.2. The molecule has 0 heterocycles. The Morgan fingerprint density at radius 2 is 1.43 bits per heavy atom. The molecule has 8 aliphatic carbocycles. The SMILES string of the molecule is C[C@@H]1C[C@H]2[C@@H]3CCC4=CC(=O)C=C[C@]4(C)[C@@]3(F)[C@@H](O)C[C@]2(C)[C@@]1(O)C(=O)CO.C[C@]12CCC(=O)C=C1CC[C@@H]1[C@@H]2[C@@H](O)C[C@@]2(C)[C@H]1CC[C@]2(O)C(=O)COP(=O)(O)O.O=P(O)(O)O.[H-].[H-].[Na+].[Na+]. The van der Waals surface area contributed by atoms with Crippen molar-refractivity contribution in [2.75, 3.05) is 13.2 Å². The van der Waals surface area contributed by atoms with Gasteiger partial charge < -0.3 is 52.9 Å². The van der Waals surface area contributed by atoms with Gasteiger partial charge in [0.15, 0.2) is 28.8 Å². The van der Waals surface area contributed by atoms with Gasteiger partial charge in [0.1, 0.15) is 24.4 Å². The summed E-state index contributed by atoms with van der Waals surface area (Å²) in [6.45, 7) is 7.57. The minimum atomic E-state index is -4.83. The molecule has 0 spiro atoms. The van der Waals surface area contributed by atoms with Crippen LogP contribution < -0.4 is 59.1 Å². The number of allylic oxidation sites excluding steroid dienone is 5. The second-order valence-electron chi connectivity index (χ2n) is 20.4. The fourth-order valence-electron chi connectivity index (χ4n) is 14.7. The van der Waals surface area contributed by atoms with E-state index in [0.717, 1.165) is 18.4 Å². The summed E-state index contributed by atoms with van der Waals surface area (Å²) in [5.74, 6) is -2.64. The van der Waals surface area contributed by atoms with Crippen molar-refractivity contribution in [1.29, 1.82) is 0 Å². The van der Waals surface area contributed by atoms with Crippen molar-refractivity contribution in [1.82, 2.24) is 0 Å². The third-order valence-corrected chi connectivity index (χ3v) is 18.1. The summed E-state index contributed by atoms with van der Waals surface area (Å²) in [6, 6.07) is 0. The number of phosphoric acid groups is 2. The van der Waals surface area contributed by atoms with Crippen LogP contribution in [0.4, 0.5) is 4.39 Å². The van der Waals surface area contributed by atoms with Crippen LogP contribution in [0, 0.1) is 57.2 Å². The predicted octanol–water partition coefficient (Wildman–Crippen LogP) is -2.90. The Morgan fingerprint density at radius 3 is 2.02 bits per heavy atom. The largest absolute Gasteiger partial charge is 1.00 e. The third-order valence-electron chi connectivity index (χ3n) is 17.7. The maximum Gasteiger partial charge on any atom is 1.00 e. The van der Waals surface area contributed by atoms with Crippen molar-refractivity contribution < 1.29 is 149 Å². The molecule has 0 saturated heterocycles. The van der Waals surface area contributed by atoms with Gasteiger partial charge in [0.2, 0.25) is 0 Å². The van der Waals surface area contributed by atoms with Crippen LogP contribution >= 0.6 is 15.6 Å². The van der Waals surface area contributed by atoms with Gasteiger partial charge in [0.05, 0.1) is 12.2 Å². The molecule has 0 amide bonds. The molecule has 17 nitrogen and oxygen atoms in total. The van der Waals surface area contributed by atoms with E-state index in [1.54, 1.807) is 32.9 Å². The number of phosphoric ester groups is 1. The van der Waals surface area contributed by atoms with E-state index in [-0.39, 0.29) is 122 Å². The average molecular weight is 981 g/mol. The zero-order valence-corrected chi connectivity index (χ0v) is 44.0. The molecular formula is C43H65FNa2O17P2. The number of alkyl halides is 1. The number of halogens is 1. The smallest absolute Gasteiger partial charge is 1.00 e. The summed E-state index contributed by atoms with van der Waals surface area (Å²) in [7, 11) is -9.47. The number of aliphatic hydroxyl groups excluding tert-OH is 3. The van der Waals surface area contributed by atoms with Crippen LogP contribution in [-0.4, -0.2) is 115 Å². The van der Waals surface area contributed by atoms with E-state index in [9.17, 15) is 49.3 Å². The number of hydrogen-bond acceptors (Lipinski definition) is 12. The monoisotopic (exact) mass is 980 g/mol. The Labute approximate surface area is 425 Å². The van der Waals surface area contributed by atoms with Crippen LogP contribution in [0.25, 0.3) is 0 Å². The zero-order chi connectivity index (χ0) is 47.3. The number of Topliss-reactive ketones (excluding diaryl/α,β-unsaturated/α-hetero) is 2. The maximum absolute atomic E-state index is 16.9. The summed E-state index contributed by atoms with van der Waals surface area (Å²) in [5.41, 5.74) is -7.01. The van der Waals surface area contributed by atoms with E-state index in [4.69, 9.17) is 29.0 Å². The topological polar surface area (TPSA) is 314 Å². The van der Waals surface area contributed by atoms with E-state index < -0.39 is 97.6 Å². The first-order valence-corrected chi connectivity index (χ1v) is 24.7. The molecule has 0 aromatic carbocycles. The maximum atomic E-state index is 16.9. The van der Waals surface area contributed by atoms with Gasteiger partial charge in [-0.25, -0.2) is 13.5 Å². The summed E-state index contributed by atoms with van der Waals surface area (Å²) in [4.78, 5) is 88.6. The van der Waals surface area contributed by atoms with E-state index >= 15 is 4.39 Å². The molecule has 8 rings (SSSR count). The van der Waals surface area contributed by atoms with E-state index in [1.165, 1.54) is 12.2 Å². The number of aliphatic hydroxyl groups is 5. The molecule has 15 atom stereocenters. The van der Waals surface area contributed by atoms with Crippen LogP contribution in [0.15, 0.2) is 35.5 Å². The normalized spacial score (nSPS) is 44.7. The molecule has 10 N–H and O–H groups in total. The molecule has 6 saturated carbocycles. The van der Waals surface area contributed by atoms with Gasteiger partial charge in [-0.05, 0) is 124 Å². The minimum Gasteiger partial charge on any atom is -1.00 e. The molecule has 0 radical (unpaired) electrons. The van der Waals surface area contributed by atoms with Gasteiger partial charge in [-0.2, -0.15) is 0 Å². The van der Waals surface area contributed by atoms with Crippen molar-refractivity contribution >= 4 is 38.8 Å². The van der Waals surface area contributed by atoms with E-state index in [2.05, 4.69) is 11.4 Å². The summed E-state index contributed by atoms with van der Waals surface area (Å²) < 4.78 is 41.1. The van der Waals surface area contributed by atoms with Gasteiger partial charge in [0, 0.05) is 28.6 Å². The first-order valence-electron chi connectivity index (χ1n) is 21.6. The number of carbonyl (C=O) groups is 4. The Bertz CT molecular complexity index is 2120. The molecule has 65 heavy (non-hydrogen) atoms. The molecule has 0 bridgehead atoms. The predicted molar refractivity (Wildman–Crippen MR) is 222 cm³/mol. The van der Waals surface area contributed by atoms with Crippen LogP contribution in [0.5, 0.6) is 0 Å². The Morgan fingerprint density at radius 1 is 0.831 bits per heavy atom. The summed E-state index contributed by atoms with van der Waals surface area (Å²) in [5, 5.41) is 54.6. The number of rotatable bonds is 6.